The first kappa shape index (κ1) is 18.8. The van der Waals surface area contributed by atoms with Gasteiger partial charge in [-0.15, -0.1) is 0 Å². The average molecular weight is 381 g/mol. The van der Waals surface area contributed by atoms with E-state index in [1.165, 1.54) is 0 Å². The Labute approximate surface area is 165 Å². The number of nitrogens with zero attached hydrogens (tertiary/aromatic N) is 7. The van der Waals surface area contributed by atoms with Crippen molar-refractivity contribution in [2.45, 2.75) is 19.9 Å². The molecule has 0 saturated carbocycles. The molecule has 1 aliphatic heterocycles. The van der Waals surface area contributed by atoms with Crippen LogP contribution in [0.5, 0.6) is 0 Å². The highest BCUT2D eigenvalue weighted by Crippen LogP contribution is 2.29. The van der Waals surface area contributed by atoms with E-state index in [0.29, 0.717) is 11.9 Å². The second-order valence-electron chi connectivity index (χ2n) is 7.37. The summed E-state index contributed by atoms with van der Waals surface area (Å²) >= 11 is 0. The van der Waals surface area contributed by atoms with Crippen LogP contribution in [0.3, 0.4) is 0 Å². The van der Waals surface area contributed by atoms with Crippen LogP contribution in [-0.2, 0) is 11.8 Å². The van der Waals surface area contributed by atoms with Crippen molar-refractivity contribution in [2.75, 3.05) is 44.8 Å². The minimum Gasteiger partial charge on any atom is -0.379 e. The quantitative estimate of drug-likeness (QED) is 0.668. The van der Waals surface area contributed by atoms with Crippen molar-refractivity contribution < 1.29 is 4.74 Å². The molecular formula is C20H27N7O. The highest BCUT2D eigenvalue weighted by molar-refractivity contribution is 5.91. The van der Waals surface area contributed by atoms with Crippen molar-refractivity contribution in [3.05, 3.63) is 30.1 Å². The van der Waals surface area contributed by atoms with Crippen molar-refractivity contribution >= 4 is 16.9 Å². The molecule has 0 aromatic carbocycles. The molecule has 1 aliphatic rings. The van der Waals surface area contributed by atoms with Crippen LogP contribution in [0.25, 0.3) is 22.6 Å². The van der Waals surface area contributed by atoms with Crippen LogP contribution >= 0.6 is 0 Å². The number of ether oxygens (including phenoxy) is 1. The van der Waals surface area contributed by atoms with E-state index in [1.807, 2.05) is 36.9 Å². The van der Waals surface area contributed by atoms with Gasteiger partial charge >= 0.3 is 0 Å². The molecule has 1 saturated heterocycles. The van der Waals surface area contributed by atoms with Gasteiger partial charge in [0.2, 0.25) is 0 Å². The standard InChI is InChI=1S/C20H27N7O/c1-14(27-9-11-28-12-10-27)13-25(3)19-17-15(2)24-26(4)20(17)23-18(22-19)16-7-5-6-8-21-16/h5-8,14H,9-13H2,1-4H3/t14-/m0/s1. The Balaban J connectivity index is 1.72. The topological polar surface area (TPSA) is 72.2 Å². The van der Waals surface area contributed by atoms with Gasteiger partial charge in [-0.1, -0.05) is 6.07 Å². The maximum Gasteiger partial charge on any atom is 0.182 e. The fraction of sp³-hybridized carbons (Fsp3) is 0.500. The highest BCUT2D eigenvalue weighted by Gasteiger charge is 2.23. The van der Waals surface area contributed by atoms with E-state index in [1.54, 1.807) is 6.20 Å². The number of anilines is 1. The molecule has 8 heteroatoms. The molecular weight excluding hydrogens is 354 g/mol. The van der Waals surface area contributed by atoms with Gasteiger partial charge in [0.15, 0.2) is 11.5 Å². The van der Waals surface area contributed by atoms with Crippen molar-refractivity contribution in [1.82, 2.24) is 29.6 Å². The average Bonchev–Trinajstić information content (AvgIpc) is 3.02. The van der Waals surface area contributed by atoms with Gasteiger partial charge in [-0.2, -0.15) is 5.10 Å². The summed E-state index contributed by atoms with van der Waals surface area (Å²) in [7, 11) is 4.01. The molecule has 3 aromatic heterocycles. The zero-order chi connectivity index (χ0) is 19.7. The molecule has 0 N–H and O–H groups in total. The largest absolute Gasteiger partial charge is 0.379 e. The molecule has 1 atom stereocenters. The fourth-order valence-electron chi connectivity index (χ4n) is 3.82. The summed E-state index contributed by atoms with van der Waals surface area (Å²) < 4.78 is 7.31. The van der Waals surface area contributed by atoms with E-state index in [2.05, 4.69) is 33.9 Å². The molecule has 1 fully saturated rings. The van der Waals surface area contributed by atoms with Crippen LogP contribution in [0.1, 0.15) is 12.6 Å². The molecule has 0 bridgehead atoms. The summed E-state index contributed by atoms with van der Waals surface area (Å²) in [6, 6.07) is 6.18. The van der Waals surface area contributed by atoms with Gasteiger partial charge in [-0.05, 0) is 26.0 Å². The number of fused-ring (bicyclic) bond motifs is 1. The first-order valence-corrected chi connectivity index (χ1v) is 9.70. The first-order valence-electron chi connectivity index (χ1n) is 9.70. The maximum atomic E-state index is 5.49. The van der Waals surface area contributed by atoms with Gasteiger partial charge in [0.25, 0.3) is 0 Å². The second kappa shape index (κ2) is 7.81. The lowest BCUT2D eigenvalue weighted by Crippen LogP contribution is -2.47. The molecule has 28 heavy (non-hydrogen) atoms. The van der Waals surface area contributed by atoms with Gasteiger partial charge in [0.1, 0.15) is 11.5 Å². The van der Waals surface area contributed by atoms with Gasteiger partial charge in [0.05, 0.1) is 24.3 Å². The first-order chi connectivity index (χ1) is 13.5. The molecule has 3 aromatic rings. The van der Waals surface area contributed by atoms with Gasteiger partial charge in [-0.3, -0.25) is 14.6 Å². The molecule has 148 valence electrons. The summed E-state index contributed by atoms with van der Waals surface area (Å²) in [6.45, 7) is 8.68. The summed E-state index contributed by atoms with van der Waals surface area (Å²) in [5, 5.41) is 5.58. The molecule has 0 aliphatic carbocycles. The lowest BCUT2D eigenvalue weighted by atomic mass is 10.2. The van der Waals surface area contributed by atoms with Crippen LogP contribution in [0.2, 0.25) is 0 Å². The SMILES string of the molecule is Cc1nn(C)c2nc(-c3ccccn3)nc(N(C)C[C@H](C)N3CCOCC3)c12. The van der Waals surface area contributed by atoms with Crippen molar-refractivity contribution in [3.8, 4) is 11.5 Å². The number of pyridine rings is 1. The predicted octanol–water partition coefficient (Wildman–Crippen LogP) is 1.89. The number of hydrogen-bond donors (Lipinski definition) is 0. The van der Waals surface area contributed by atoms with Crippen molar-refractivity contribution in [3.63, 3.8) is 0 Å². The Bertz CT molecular complexity index is 950. The lowest BCUT2D eigenvalue weighted by molar-refractivity contribution is 0.0218. The normalized spacial score (nSPS) is 16.4. The van der Waals surface area contributed by atoms with Crippen LogP contribution in [0.4, 0.5) is 5.82 Å². The van der Waals surface area contributed by atoms with Crippen molar-refractivity contribution in [2.24, 2.45) is 7.05 Å². The summed E-state index contributed by atoms with van der Waals surface area (Å²) in [5.74, 6) is 1.52. The fourth-order valence-corrected chi connectivity index (χ4v) is 3.82. The number of morpholine rings is 1. The highest BCUT2D eigenvalue weighted by atomic mass is 16.5. The molecule has 0 amide bonds. The zero-order valence-electron chi connectivity index (χ0n) is 17.0. The Morgan fingerprint density at radius 3 is 2.71 bits per heavy atom. The smallest absolute Gasteiger partial charge is 0.182 e. The molecule has 0 spiro atoms. The van der Waals surface area contributed by atoms with E-state index >= 15 is 0 Å². The Kier molecular flexibility index (Phi) is 5.23. The maximum absolute atomic E-state index is 5.49. The van der Waals surface area contributed by atoms with Crippen molar-refractivity contribution in [1.29, 1.82) is 0 Å². The van der Waals surface area contributed by atoms with Gasteiger partial charge in [0, 0.05) is 46.0 Å². The van der Waals surface area contributed by atoms with Crippen LogP contribution in [-0.4, -0.2) is 75.6 Å². The van der Waals surface area contributed by atoms with Gasteiger partial charge in [-0.25, -0.2) is 9.97 Å². The number of likely N-dealkylation sites (N-methyl/N-ethyl adjacent to an activating group) is 1. The summed E-state index contributed by atoms with van der Waals surface area (Å²) in [6.07, 6.45) is 1.77. The molecule has 0 radical (unpaired) electrons. The van der Waals surface area contributed by atoms with Crippen LogP contribution < -0.4 is 4.90 Å². The number of hydrogen-bond acceptors (Lipinski definition) is 7. The molecule has 0 unspecified atom stereocenters. The van der Waals surface area contributed by atoms with E-state index in [0.717, 1.165) is 61.1 Å². The van der Waals surface area contributed by atoms with Crippen LogP contribution in [0.15, 0.2) is 24.4 Å². The third-order valence-electron chi connectivity index (χ3n) is 5.30. The lowest BCUT2D eigenvalue weighted by Gasteiger charge is -2.34. The van der Waals surface area contributed by atoms with Gasteiger partial charge < -0.3 is 9.64 Å². The predicted molar refractivity (Wildman–Crippen MR) is 109 cm³/mol. The number of rotatable bonds is 5. The number of aromatic nitrogens is 5. The minimum absolute atomic E-state index is 0.397. The third-order valence-corrected chi connectivity index (χ3v) is 5.30. The van der Waals surface area contributed by atoms with E-state index in [-0.39, 0.29) is 0 Å². The monoisotopic (exact) mass is 381 g/mol. The summed E-state index contributed by atoms with van der Waals surface area (Å²) in [4.78, 5) is 18.8. The minimum atomic E-state index is 0.397. The van der Waals surface area contributed by atoms with Crippen LogP contribution in [0, 0.1) is 6.92 Å². The molecule has 4 rings (SSSR count). The summed E-state index contributed by atoms with van der Waals surface area (Å²) in [5.41, 5.74) is 2.53. The third kappa shape index (κ3) is 3.57. The number of aryl methyl sites for hydroxylation is 2. The molecule has 8 nitrogen and oxygen atoms in total. The Morgan fingerprint density at radius 2 is 2.00 bits per heavy atom. The molecule has 4 heterocycles. The van der Waals surface area contributed by atoms with E-state index in [4.69, 9.17) is 14.7 Å². The zero-order valence-corrected chi connectivity index (χ0v) is 17.0. The second-order valence-corrected chi connectivity index (χ2v) is 7.37. The Morgan fingerprint density at radius 1 is 1.21 bits per heavy atom. The Hall–Kier alpha value is -2.58. The van der Waals surface area contributed by atoms with E-state index in [9.17, 15) is 0 Å². The van der Waals surface area contributed by atoms with E-state index < -0.39 is 0 Å².